The molecule has 3 N–H and O–H groups in total. The van der Waals surface area contributed by atoms with Crippen molar-refractivity contribution in [3.05, 3.63) is 58.6 Å². The van der Waals surface area contributed by atoms with Gasteiger partial charge in [0, 0.05) is 18.3 Å². The molecular formula is C15H16ClN3O. The van der Waals surface area contributed by atoms with Crippen LogP contribution in [0.15, 0.2) is 47.6 Å². The van der Waals surface area contributed by atoms with Crippen LogP contribution in [0.4, 0.5) is 11.4 Å². The second-order valence-electron chi connectivity index (χ2n) is 4.55. The van der Waals surface area contributed by atoms with E-state index in [0.29, 0.717) is 10.6 Å². The Morgan fingerprint density at radius 1 is 1.25 bits per heavy atom. The molecule has 20 heavy (non-hydrogen) atoms. The van der Waals surface area contributed by atoms with Gasteiger partial charge in [0.2, 0.25) is 0 Å². The smallest absolute Gasteiger partial charge is 0.170 e. The summed E-state index contributed by atoms with van der Waals surface area (Å²) in [5.74, 6) is 0.0386. The van der Waals surface area contributed by atoms with Gasteiger partial charge in [-0.25, -0.2) is 0 Å². The molecule has 0 aliphatic heterocycles. The van der Waals surface area contributed by atoms with Gasteiger partial charge >= 0.3 is 0 Å². The van der Waals surface area contributed by atoms with E-state index in [-0.39, 0.29) is 5.84 Å². The van der Waals surface area contributed by atoms with Crippen molar-refractivity contribution in [1.29, 1.82) is 0 Å². The molecule has 0 aromatic heterocycles. The minimum atomic E-state index is 0.0386. The first-order chi connectivity index (χ1) is 9.52. The Balaban J connectivity index is 2.38. The molecule has 0 saturated carbocycles. The summed E-state index contributed by atoms with van der Waals surface area (Å²) in [7, 11) is 1.94. The summed E-state index contributed by atoms with van der Waals surface area (Å²) < 4.78 is 0. The van der Waals surface area contributed by atoms with Gasteiger partial charge in [0.15, 0.2) is 5.84 Å². The molecule has 0 bridgehead atoms. The predicted octanol–water partition coefficient (Wildman–Crippen LogP) is 3.51. The quantitative estimate of drug-likeness (QED) is 0.393. The number of benzene rings is 2. The first-order valence-corrected chi connectivity index (χ1v) is 6.48. The van der Waals surface area contributed by atoms with Gasteiger partial charge in [-0.3, -0.25) is 0 Å². The van der Waals surface area contributed by atoms with Gasteiger partial charge in [0.1, 0.15) is 0 Å². The molecule has 2 rings (SSSR count). The van der Waals surface area contributed by atoms with E-state index >= 15 is 0 Å². The van der Waals surface area contributed by atoms with Gasteiger partial charge in [-0.05, 0) is 42.8 Å². The average molecular weight is 290 g/mol. The van der Waals surface area contributed by atoms with Crippen molar-refractivity contribution in [3.8, 4) is 0 Å². The van der Waals surface area contributed by atoms with E-state index in [1.54, 1.807) is 12.1 Å². The molecule has 104 valence electrons. The molecule has 2 aromatic carbocycles. The monoisotopic (exact) mass is 289 g/mol. The Kier molecular flexibility index (Phi) is 4.15. The number of anilines is 2. The molecule has 0 radical (unpaired) electrons. The highest BCUT2D eigenvalue weighted by molar-refractivity contribution is 6.33. The number of nitrogens with zero attached hydrogens (tertiary/aromatic N) is 2. The highest BCUT2D eigenvalue weighted by Gasteiger charge is 2.10. The molecule has 0 atom stereocenters. The van der Waals surface area contributed by atoms with E-state index in [0.717, 1.165) is 11.4 Å². The number of amidine groups is 1. The van der Waals surface area contributed by atoms with Crippen molar-refractivity contribution in [2.75, 3.05) is 11.9 Å². The summed E-state index contributed by atoms with van der Waals surface area (Å²) in [4.78, 5) is 1.99. The highest BCUT2D eigenvalue weighted by atomic mass is 35.5. The Labute approximate surface area is 123 Å². The van der Waals surface area contributed by atoms with Crippen LogP contribution in [0.5, 0.6) is 0 Å². The molecule has 0 aliphatic rings. The molecular weight excluding hydrogens is 274 g/mol. The third-order valence-corrected chi connectivity index (χ3v) is 3.40. The zero-order valence-electron chi connectivity index (χ0n) is 11.3. The topological polar surface area (TPSA) is 61.8 Å². The van der Waals surface area contributed by atoms with Crippen molar-refractivity contribution in [2.24, 2.45) is 10.9 Å². The van der Waals surface area contributed by atoms with Crippen LogP contribution in [0, 0.1) is 6.92 Å². The van der Waals surface area contributed by atoms with Crippen LogP contribution < -0.4 is 10.6 Å². The minimum Gasteiger partial charge on any atom is -0.409 e. The van der Waals surface area contributed by atoms with E-state index in [2.05, 4.69) is 11.2 Å². The number of hydrogen-bond donors (Lipinski definition) is 2. The van der Waals surface area contributed by atoms with E-state index in [1.807, 2.05) is 43.1 Å². The summed E-state index contributed by atoms with van der Waals surface area (Å²) >= 11 is 6.28. The summed E-state index contributed by atoms with van der Waals surface area (Å²) in [6.07, 6.45) is 0. The molecule has 0 aliphatic carbocycles. The van der Waals surface area contributed by atoms with Gasteiger partial charge in [-0.15, -0.1) is 0 Å². The highest BCUT2D eigenvalue weighted by Crippen LogP contribution is 2.31. The van der Waals surface area contributed by atoms with Gasteiger partial charge in [-0.1, -0.05) is 28.9 Å². The zero-order chi connectivity index (χ0) is 14.7. The molecule has 5 heteroatoms. The maximum atomic E-state index is 8.68. The van der Waals surface area contributed by atoms with Crippen molar-refractivity contribution in [2.45, 2.75) is 6.92 Å². The standard InChI is InChI=1S/C15H16ClN3O/c1-10-4-3-5-12(8-10)19(2)14-7-6-11(9-13(14)16)15(17)18-20/h3-9,20H,1-2H3,(H2,17,18). The lowest BCUT2D eigenvalue weighted by Gasteiger charge is -2.21. The lowest BCUT2D eigenvalue weighted by molar-refractivity contribution is 0.318. The van der Waals surface area contributed by atoms with E-state index < -0.39 is 0 Å². The van der Waals surface area contributed by atoms with Gasteiger partial charge in [0.05, 0.1) is 10.7 Å². The van der Waals surface area contributed by atoms with Crippen molar-refractivity contribution >= 4 is 28.8 Å². The molecule has 2 aromatic rings. The molecule has 0 spiro atoms. The first-order valence-electron chi connectivity index (χ1n) is 6.11. The number of halogens is 1. The van der Waals surface area contributed by atoms with Crippen LogP contribution in [0.2, 0.25) is 5.02 Å². The number of nitrogens with two attached hydrogens (primary N) is 1. The first kappa shape index (κ1) is 14.2. The van der Waals surface area contributed by atoms with Crippen LogP contribution in [0.1, 0.15) is 11.1 Å². The molecule has 0 amide bonds. The van der Waals surface area contributed by atoms with Crippen molar-refractivity contribution in [1.82, 2.24) is 0 Å². The Hall–Kier alpha value is -2.20. The van der Waals surface area contributed by atoms with Crippen LogP contribution in [-0.2, 0) is 0 Å². The fourth-order valence-electron chi connectivity index (χ4n) is 1.97. The van der Waals surface area contributed by atoms with Gasteiger partial charge in [-0.2, -0.15) is 0 Å². The van der Waals surface area contributed by atoms with Gasteiger partial charge in [0.25, 0.3) is 0 Å². The minimum absolute atomic E-state index is 0.0386. The van der Waals surface area contributed by atoms with Crippen LogP contribution in [-0.4, -0.2) is 18.1 Å². The van der Waals surface area contributed by atoms with E-state index in [4.69, 9.17) is 22.5 Å². The number of oxime groups is 1. The molecule has 0 heterocycles. The number of rotatable bonds is 3. The SMILES string of the molecule is Cc1cccc(N(C)c2ccc(C(N)=NO)cc2Cl)c1. The third kappa shape index (κ3) is 2.86. The number of aryl methyl sites for hydroxylation is 1. The average Bonchev–Trinajstić information content (AvgIpc) is 2.45. The Morgan fingerprint density at radius 3 is 2.60 bits per heavy atom. The van der Waals surface area contributed by atoms with Crippen molar-refractivity contribution < 1.29 is 5.21 Å². The second-order valence-corrected chi connectivity index (χ2v) is 4.96. The maximum Gasteiger partial charge on any atom is 0.170 e. The van der Waals surface area contributed by atoms with E-state index in [9.17, 15) is 0 Å². The summed E-state index contributed by atoms with van der Waals surface area (Å²) in [6, 6.07) is 13.4. The lowest BCUT2D eigenvalue weighted by atomic mass is 10.1. The third-order valence-electron chi connectivity index (χ3n) is 3.10. The van der Waals surface area contributed by atoms with E-state index in [1.165, 1.54) is 5.56 Å². The normalized spacial score (nSPS) is 11.4. The lowest BCUT2D eigenvalue weighted by Crippen LogP contribution is -2.14. The Bertz CT molecular complexity index is 655. The zero-order valence-corrected chi connectivity index (χ0v) is 12.1. The second kappa shape index (κ2) is 5.84. The fraction of sp³-hybridized carbons (Fsp3) is 0.133. The summed E-state index contributed by atoms with van der Waals surface area (Å²) in [6.45, 7) is 2.04. The van der Waals surface area contributed by atoms with Gasteiger partial charge < -0.3 is 15.8 Å². The summed E-state index contributed by atoms with van der Waals surface area (Å²) in [5, 5.41) is 12.2. The van der Waals surface area contributed by atoms with Crippen molar-refractivity contribution in [3.63, 3.8) is 0 Å². The molecule has 0 fully saturated rings. The molecule has 4 nitrogen and oxygen atoms in total. The largest absolute Gasteiger partial charge is 0.409 e. The number of hydrogen-bond acceptors (Lipinski definition) is 3. The predicted molar refractivity (Wildman–Crippen MR) is 83.2 cm³/mol. The van der Waals surface area contributed by atoms with Crippen LogP contribution in [0.25, 0.3) is 0 Å². The summed E-state index contributed by atoms with van der Waals surface area (Å²) in [5.41, 5.74) is 9.21. The molecule has 0 saturated heterocycles. The maximum absolute atomic E-state index is 8.68. The Morgan fingerprint density at radius 2 is 2.00 bits per heavy atom. The molecule has 0 unspecified atom stereocenters. The van der Waals surface area contributed by atoms with Crippen LogP contribution >= 0.6 is 11.6 Å². The van der Waals surface area contributed by atoms with Crippen LogP contribution in [0.3, 0.4) is 0 Å². The fourth-order valence-corrected chi connectivity index (χ4v) is 2.28.